The van der Waals surface area contributed by atoms with E-state index in [1.54, 1.807) is 0 Å². The summed E-state index contributed by atoms with van der Waals surface area (Å²) in [4.78, 5) is 27.0. The molecule has 1 saturated heterocycles. The van der Waals surface area contributed by atoms with Crippen molar-refractivity contribution in [2.45, 2.75) is 33.2 Å². The first-order valence-electron chi connectivity index (χ1n) is 10.0. The minimum absolute atomic E-state index is 0.00631. The normalized spacial score (nSPS) is 15.1. The highest BCUT2D eigenvalue weighted by atomic mass is 35.5. The second-order valence-electron chi connectivity index (χ2n) is 7.74. The number of nitrogens with zero attached hydrogens (tertiary/aromatic N) is 1. The molecule has 0 radical (unpaired) electrons. The summed E-state index contributed by atoms with van der Waals surface area (Å²) >= 11 is 6.28. The van der Waals surface area contributed by atoms with Crippen molar-refractivity contribution >= 4 is 29.1 Å². The molecular weight excluding hydrogens is 386 g/mol. The van der Waals surface area contributed by atoms with Crippen molar-refractivity contribution in [1.82, 2.24) is 10.2 Å². The van der Waals surface area contributed by atoms with Gasteiger partial charge < -0.3 is 10.6 Å². The Balaban J connectivity index is 1.43. The van der Waals surface area contributed by atoms with Gasteiger partial charge in [0.1, 0.15) is 0 Å². The van der Waals surface area contributed by atoms with Gasteiger partial charge in [-0.15, -0.1) is 0 Å². The highest BCUT2D eigenvalue weighted by Gasteiger charge is 2.26. The molecule has 6 heteroatoms. The molecule has 2 aromatic rings. The zero-order valence-electron chi connectivity index (χ0n) is 17.0. The molecule has 2 N–H and O–H groups in total. The van der Waals surface area contributed by atoms with Crippen LogP contribution in [0.15, 0.2) is 42.5 Å². The van der Waals surface area contributed by atoms with Gasteiger partial charge in [0.2, 0.25) is 11.8 Å². The first-order valence-corrected chi connectivity index (χ1v) is 10.4. The molecule has 0 atom stereocenters. The zero-order valence-corrected chi connectivity index (χ0v) is 17.8. The third-order valence-corrected chi connectivity index (χ3v) is 5.63. The Bertz CT molecular complexity index is 839. The van der Waals surface area contributed by atoms with E-state index in [9.17, 15) is 9.59 Å². The Hall–Kier alpha value is -2.37. The van der Waals surface area contributed by atoms with Crippen molar-refractivity contribution in [1.29, 1.82) is 0 Å². The van der Waals surface area contributed by atoms with E-state index in [-0.39, 0.29) is 17.7 Å². The lowest BCUT2D eigenvalue weighted by Gasteiger charge is -2.30. The Morgan fingerprint density at radius 1 is 1.10 bits per heavy atom. The van der Waals surface area contributed by atoms with Gasteiger partial charge in [-0.3, -0.25) is 14.5 Å². The number of anilines is 1. The maximum atomic E-state index is 12.5. The van der Waals surface area contributed by atoms with Crippen LogP contribution in [0.4, 0.5) is 5.69 Å². The summed E-state index contributed by atoms with van der Waals surface area (Å²) in [6, 6.07) is 13.8. The summed E-state index contributed by atoms with van der Waals surface area (Å²) in [5.41, 5.74) is 3.80. The number of hydrogen-bond donors (Lipinski definition) is 2. The van der Waals surface area contributed by atoms with Crippen molar-refractivity contribution in [2.75, 3.05) is 25.0 Å². The van der Waals surface area contributed by atoms with Gasteiger partial charge in [-0.25, -0.2) is 0 Å². The molecule has 2 aromatic carbocycles. The largest absolute Gasteiger partial charge is 0.352 e. The van der Waals surface area contributed by atoms with Crippen molar-refractivity contribution in [3.63, 3.8) is 0 Å². The number of benzene rings is 2. The van der Waals surface area contributed by atoms with E-state index in [4.69, 9.17) is 11.6 Å². The van der Waals surface area contributed by atoms with Crippen LogP contribution >= 0.6 is 11.6 Å². The molecule has 1 fully saturated rings. The van der Waals surface area contributed by atoms with Gasteiger partial charge in [0, 0.05) is 12.5 Å². The average molecular weight is 414 g/mol. The fourth-order valence-corrected chi connectivity index (χ4v) is 4.11. The maximum absolute atomic E-state index is 12.5. The number of nitrogens with one attached hydrogen (secondary N) is 2. The number of carbonyl (C=O) groups excluding carboxylic acids is 2. The molecule has 0 saturated carbocycles. The molecule has 5 nitrogen and oxygen atoms in total. The summed E-state index contributed by atoms with van der Waals surface area (Å²) in [6.07, 6.45) is 1.52. The number of halogens is 1. The zero-order chi connectivity index (χ0) is 20.8. The van der Waals surface area contributed by atoms with Gasteiger partial charge >= 0.3 is 0 Å². The molecule has 0 spiro atoms. The highest BCUT2D eigenvalue weighted by molar-refractivity contribution is 6.34. The van der Waals surface area contributed by atoms with Crippen LogP contribution in [0.25, 0.3) is 0 Å². The lowest BCUT2D eigenvalue weighted by molar-refractivity contribution is -0.126. The fourth-order valence-electron chi connectivity index (χ4n) is 3.74. The summed E-state index contributed by atoms with van der Waals surface area (Å²) in [5.74, 6) is 0.0256. The summed E-state index contributed by atoms with van der Waals surface area (Å²) < 4.78 is 0. The van der Waals surface area contributed by atoms with Gasteiger partial charge in [0.25, 0.3) is 0 Å². The van der Waals surface area contributed by atoms with Crippen LogP contribution in [-0.2, 0) is 16.1 Å². The number of piperidine rings is 1. The molecule has 0 aromatic heterocycles. The molecule has 154 valence electrons. The van der Waals surface area contributed by atoms with Crippen LogP contribution in [0.3, 0.4) is 0 Å². The van der Waals surface area contributed by atoms with Gasteiger partial charge in [0.05, 0.1) is 17.3 Å². The molecule has 0 aliphatic carbocycles. The topological polar surface area (TPSA) is 61.4 Å². The molecule has 0 bridgehead atoms. The number of amides is 2. The second kappa shape index (κ2) is 9.90. The Morgan fingerprint density at radius 3 is 2.45 bits per heavy atom. The molecule has 0 unspecified atom stereocenters. The maximum Gasteiger partial charge on any atom is 0.238 e. The molecule has 3 rings (SSSR count). The lowest BCUT2D eigenvalue weighted by atomic mass is 9.96. The van der Waals surface area contributed by atoms with Crippen LogP contribution in [0, 0.1) is 19.8 Å². The molecule has 29 heavy (non-hydrogen) atoms. The van der Waals surface area contributed by atoms with Gasteiger partial charge in [0.15, 0.2) is 0 Å². The number of carbonyl (C=O) groups is 2. The number of rotatable bonds is 6. The minimum Gasteiger partial charge on any atom is -0.352 e. The SMILES string of the molecule is Cc1cc(C)c(NC(=O)CN2CCC(C(=O)NCc3ccccc3)CC2)c(Cl)c1. The Labute approximate surface area is 177 Å². The van der Waals surface area contributed by atoms with E-state index in [0.29, 0.717) is 23.8 Å². The molecule has 1 heterocycles. The summed E-state index contributed by atoms with van der Waals surface area (Å²) in [5, 5.41) is 6.52. The first-order chi connectivity index (χ1) is 13.9. The van der Waals surface area contributed by atoms with Crippen molar-refractivity contribution in [2.24, 2.45) is 5.92 Å². The number of aryl methyl sites for hydroxylation is 2. The predicted molar refractivity (Wildman–Crippen MR) is 117 cm³/mol. The average Bonchev–Trinajstić information content (AvgIpc) is 2.70. The van der Waals surface area contributed by atoms with Gasteiger partial charge in [-0.05, 0) is 62.5 Å². The van der Waals surface area contributed by atoms with E-state index in [1.165, 1.54) is 0 Å². The third-order valence-electron chi connectivity index (χ3n) is 5.33. The van der Waals surface area contributed by atoms with E-state index < -0.39 is 0 Å². The van der Waals surface area contributed by atoms with Crippen LogP contribution in [0.1, 0.15) is 29.5 Å². The second-order valence-corrected chi connectivity index (χ2v) is 8.15. The van der Waals surface area contributed by atoms with Crippen LogP contribution < -0.4 is 10.6 Å². The lowest BCUT2D eigenvalue weighted by Crippen LogP contribution is -2.43. The smallest absolute Gasteiger partial charge is 0.238 e. The van der Waals surface area contributed by atoms with Crippen LogP contribution in [0.2, 0.25) is 5.02 Å². The van der Waals surface area contributed by atoms with Crippen LogP contribution in [-0.4, -0.2) is 36.3 Å². The summed E-state index contributed by atoms with van der Waals surface area (Å²) in [7, 11) is 0. The fraction of sp³-hybridized carbons (Fsp3) is 0.391. The molecular formula is C23H28ClN3O2. The van der Waals surface area contributed by atoms with E-state index in [1.807, 2.05) is 56.3 Å². The highest BCUT2D eigenvalue weighted by Crippen LogP contribution is 2.27. The number of hydrogen-bond acceptors (Lipinski definition) is 3. The van der Waals surface area contributed by atoms with Crippen molar-refractivity contribution in [3.8, 4) is 0 Å². The molecule has 2 amide bonds. The Kier molecular flexibility index (Phi) is 7.29. The van der Waals surface area contributed by atoms with Crippen LogP contribution in [0.5, 0.6) is 0 Å². The van der Waals surface area contributed by atoms with E-state index in [0.717, 1.165) is 42.6 Å². The van der Waals surface area contributed by atoms with Gasteiger partial charge in [-0.2, -0.15) is 0 Å². The Morgan fingerprint density at radius 2 is 1.79 bits per heavy atom. The first kappa shape index (κ1) is 21.3. The van der Waals surface area contributed by atoms with Crippen molar-refractivity contribution in [3.05, 3.63) is 64.2 Å². The number of likely N-dealkylation sites (tertiary alicyclic amines) is 1. The van der Waals surface area contributed by atoms with Crippen molar-refractivity contribution < 1.29 is 9.59 Å². The third kappa shape index (κ3) is 6.05. The summed E-state index contributed by atoms with van der Waals surface area (Å²) in [6.45, 7) is 6.24. The molecule has 1 aliphatic heterocycles. The van der Waals surface area contributed by atoms with E-state index >= 15 is 0 Å². The monoisotopic (exact) mass is 413 g/mol. The minimum atomic E-state index is -0.0779. The standard InChI is InChI=1S/C23H28ClN3O2/c1-16-12-17(2)22(20(24)13-16)26-21(28)15-27-10-8-19(9-11-27)23(29)25-14-18-6-4-3-5-7-18/h3-7,12-13,19H,8-11,14-15H2,1-2H3,(H,25,29)(H,26,28). The van der Waals surface area contributed by atoms with E-state index in [2.05, 4.69) is 15.5 Å². The predicted octanol–water partition coefficient (Wildman–Crippen LogP) is 3.92. The van der Waals surface area contributed by atoms with Gasteiger partial charge in [-0.1, -0.05) is 48.0 Å². The molecule has 1 aliphatic rings. The quantitative estimate of drug-likeness (QED) is 0.754.